The van der Waals surface area contributed by atoms with Crippen LogP contribution < -0.4 is 0 Å². The Morgan fingerprint density at radius 1 is 1.33 bits per heavy atom. The summed E-state index contributed by atoms with van der Waals surface area (Å²) >= 11 is 0. The van der Waals surface area contributed by atoms with Crippen molar-refractivity contribution in [2.24, 2.45) is 0 Å². The molecule has 0 aromatic heterocycles. The summed E-state index contributed by atoms with van der Waals surface area (Å²) in [6, 6.07) is 0.270. The fraction of sp³-hybridized carbons (Fsp3) is 0.692. The molecule has 1 heterocycles. The van der Waals surface area contributed by atoms with Gasteiger partial charge in [-0.25, -0.2) is 5.21 Å². The molecule has 1 rings (SSSR count). The minimum Gasteiger partial charge on any atom is -0.212 e. The SMILES string of the molecule is CCCCCC1C(CC)=CC=C[N@@+]1(C)O. The Balaban J connectivity index is 2.63. The van der Waals surface area contributed by atoms with E-state index in [0.717, 1.165) is 12.8 Å². The number of hydrogen-bond acceptors (Lipinski definition) is 1. The number of allylic oxidation sites excluding steroid dienone is 2. The normalized spacial score (nSPS) is 30.4. The van der Waals surface area contributed by atoms with Gasteiger partial charge in [0.05, 0.1) is 0 Å². The molecular formula is C13H24NO+. The van der Waals surface area contributed by atoms with Crippen LogP contribution in [0.5, 0.6) is 0 Å². The van der Waals surface area contributed by atoms with Crippen molar-refractivity contribution in [3.8, 4) is 0 Å². The largest absolute Gasteiger partial charge is 0.212 e. The van der Waals surface area contributed by atoms with E-state index in [2.05, 4.69) is 19.9 Å². The monoisotopic (exact) mass is 210 g/mol. The maximum absolute atomic E-state index is 10.2. The summed E-state index contributed by atoms with van der Waals surface area (Å²) in [5.74, 6) is 0. The lowest BCUT2D eigenvalue weighted by molar-refractivity contribution is -1.06. The minimum absolute atomic E-state index is 0.0311. The summed E-state index contributed by atoms with van der Waals surface area (Å²) in [6.45, 7) is 4.38. The van der Waals surface area contributed by atoms with Crippen LogP contribution in [0.15, 0.2) is 23.9 Å². The van der Waals surface area contributed by atoms with Crippen molar-refractivity contribution in [2.75, 3.05) is 7.05 Å². The molecule has 0 spiro atoms. The molecule has 0 amide bonds. The van der Waals surface area contributed by atoms with E-state index in [1.807, 2.05) is 19.3 Å². The highest BCUT2D eigenvalue weighted by Gasteiger charge is 2.33. The van der Waals surface area contributed by atoms with Crippen molar-refractivity contribution in [2.45, 2.75) is 52.0 Å². The zero-order valence-corrected chi connectivity index (χ0v) is 10.2. The smallest absolute Gasteiger partial charge is 0.145 e. The van der Waals surface area contributed by atoms with Crippen LogP contribution in [0.2, 0.25) is 0 Å². The second kappa shape index (κ2) is 5.47. The quantitative estimate of drug-likeness (QED) is 0.542. The maximum Gasteiger partial charge on any atom is 0.145 e. The molecule has 0 fully saturated rings. The summed E-state index contributed by atoms with van der Waals surface area (Å²) in [4.78, 5) is 0. The summed E-state index contributed by atoms with van der Waals surface area (Å²) in [7, 11) is 1.87. The summed E-state index contributed by atoms with van der Waals surface area (Å²) in [5.41, 5.74) is 1.37. The van der Waals surface area contributed by atoms with Crippen LogP contribution in [0.3, 0.4) is 0 Å². The van der Waals surface area contributed by atoms with E-state index >= 15 is 0 Å². The molecule has 1 N–H and O–H groups in total. The molecule has 1 aliphatic rings. The van der Waals surface area contributed by atoms with E-state index in [1.54, 1.807) is 0 Å². The van der Waals surface area contributed by atoms with Crippen LogP contribution in [-0.4, -0.2) is 22.9 Å². The van der Waals surface area contributed by atoms with Crippen LogP contribution in [-0.2, 0) is 0 Å². The van der Waals surface area contributed by atoms with Crippen molar-refractivity contribution >= 4 is 0 Å². The average Bonchev–Trinajstić information content (AvgIpc) is 2.20. The van der Waals surface area contributed by atoms with E-state index < -0.39 is 0 Å². The Labute approximate surface area is 93.5 Å². The molecule has 0 saturated heterocycles. The van der Waals surface area contributed by atoms with E-state index in [-0.39, 0.29) is 10.7 Å². The molecule has 0 saturated carbocycles. The van der Waals surface area contributed by atoms with E-state index in [9.17, 15) is 5.21 Å². The third kappa shape index (κ3) is 3.18. The molecule has 86 valence electrons. The number of hydrogen-bond donors (Lipinski definition) is 1. The highest BCUT2D eigenvalue weighted by molar-refractivity contribution is 5.18. The molecule has 2 heteroatoms. The summed E-state index contributed by atoms with van der Waals surface area (Å²) in [5, 5.41) is 10.2. The van der Waals surface area contributed by atoms with Crippen molar-refractivity contribution in [1.29, 1.82) is 0 Å². The first-order chi connectivity index (χ1) is 7.11. The van der Waals surface area contributed by atoms with Crippen LogP contribution in [0.1, 0.15) is 46.0 Å². The zero-order chi connectivity index (χ0) is 11.3. The van der Waals surface area contributed by atoms with Gasteiger partial charge in [0, 0.05) is 6.42 Å². The molecule has 2 nitrogen and oxygen atoms in total. The number of unbranched alkanes of at least 4 members (excludes halogenated alkanes) is 2. The Morgan fingerprint density at radius 2 is 2.07 bits per heavy atom. The van der Waals surface area contributed by atoms with Crippen LogP contribution in [0.4, 0.5) is 0 Å². The number of nitrogens with zero attached hydrogens (tertiary/aromatic N) is 1. The van der Waals surface area contributed by atoms with Crippen molar-refractivity contribution in [1.82, 2.24) is 0 Å². The fourth-order valence-corrected chi connectivity index (χ4v) is 2.28. The van der Waals surface area contributed by atoms with E-state index in [0.29, 0.717) is 0 Å². The zero-order valence-electron chi connectivity index (χ0n) is 10.2. The Kier molecular flexibility index (Phi) is 4.55. The van der Waals surface area contributed by atoms with Crippen molar-refractivity contribution in [3.05, 3.63) is 23.9 Å². The Bertz CT molecular complexity index is 253. The third-order valence-electron chi connectivity index (χ3n) is 3.25. The highest BCUT2D eigenvalue weighted by atomic mass is 16.5. The lowest BCUT2D eigenvalue weighted by atomic mass is 9.95. The molecule has 1 aliphatic heterocycles. The number of rotatable bonds is 5. The van der Waals surface area contributed by atoms with Gasteiger partial charge < -0.3 is 0 Å². The molecule has 1 unspecified atom stereocenters. The minimum atomic E-state index is 0.0311. The standard InChI is InChI=1S/C13H24NO/c1-4-6-7-10-13-12(5-2)9-8-11-14(13,3)15/h8-9,11,13,15H,4-7,10H2,1-3H3/q+1/t13?,14-/m1/s1. The average molecular weight is 210 g/mol. The molecule has 0 aliphatic carbocycles. The van der Waals surface area contributed by atoms with Gasteiger partial charge in [0.15, 0.2) is 0 Å². The lowest BCUT2D eigenvalue weighted by Crippen LogP contribution is -2.47. The topological polar surface area (TPSA) is 20.2 Å². The van der Waals surface area contributed by atoms with E-state index in [1.165, 1.54) is 24.8 Å². The van der Waals surface area contributed by atoms with Gasteiger partial charge in [-0.3, -0.25) is 0 Å². The molecule has 0 bridgehead atoms. The maximum atomic E-state index is 10.2. The van der Waals surface area contributed by atoms with Gasteiger partial charge in [-0.15, -0.1) is 0 Å². The van der Waals surface area contributed by atoms with Crippen molar-refractivity contribution < 1.29 is 9.85 Å². The Morgan fingerprint density at radius 3 is 2.67 bits per heavy atom. The first-order valence-corrected chi connectivity index (χ1v) is 6.08. The number of hydroxylamine groups is 3. The Hall–Kier alpha value is -0.600. The van der Waals surface area contributed by atoms with Gasteiger partial charge in [0.25, 0.3) is 0 Å². The van der Waals surface area contributed by atoms with Crippen molar-refractivity contribution in [3.63, 3.8) is 0 Å². The van der Waals surface area contributed by atoms with Gasteiger partial charge in [-0.2, -0.15) is 4.65 Å². The summed E-state index contributed by atoms with van der Waals surface area (Å²) < 4.78 is 0.0311. The molecule has 0 aromatic carbocycles. The predicted molar refractivity (Wildman–Crippen MR) is 63.4 cm³/mol. The molecule has 0 aromatic rings. The van der Waals surface area contributed by atoms with Crippen LogP contribution in [0.25, 0.3) is 0 Å². The molecule has 0 radical (unpaired) electrons. The van der Waals surface area contributed by atoms with Gasteiger partial charge in [-0.1, -0.05) is 32.8 Å². The number of likely N-dealkylation sites (N-methyl/N-ethyl adjacent to an activating group) is 1. The number of quaternary nitrogens is 1. The lowest BCUT2D eigenvalue weighted by Gasteiger charge is -2.34. The second-order valence-electron chi connectivity index (χ2n) is 4.54. The van der Waals surface area contributed by atoms with Gasteiger partial charge in [0.1, 0.15) is 19.3 Å². The molecule has 15 heavy (non-hydrogen) atoms. The van der Waals surface area contributed by atoms with Crippen LogP contribution in [0, 0.1) is 0 Å². The first kappa shape index (κ1) is 12.5. The highest BCUT2D eigenvalue weighted by Crippen LogP contribution is 2.27. The fourth-order valence-electron chi connectivity index (χ4n) is 2.28. The van der Waals surface area contributed by atoms with Crippen LogP contribution >= 0.6 is 0 Å². The first-order valence-electron chi connectivity index (χ1n) is 6.08. The van der Waals surface area contributed by atoms with Gasteiger partial charge in [-0.05, 0) is 24.5 Å². The third-order valence-corrected chi connectivity index (χ3v) is 3.25. The van der Waals surface area contributed by atoms with Gasteiger partial charge in [0.2, 0.25) is 0 Å². The second-order valence-corrected chi connectivity index (χ2v) is 4.54. The predicted octanol–water partition coefficient (Wildman–Crippen LogP) is 3.63. The van der Waals surface area contributed by atoms with E-state index in [4.69, 9.17) is 0 Å². The summed E-state index contributed by atoms with van der Waals surface area (Å²) in [6.07, 6.45) is 11.8. The molecular weight excluding hydrogens is 186 g/mol. The van der Waals surface area contributed by atoms with Gasteiger partial charge >= 0.3 is 0 Å². The molecule has 2 atom stereocenters.